The van der Waals surface area contributed by atoms with Crippen LogP contribution >= 0.6 is 12.2 Å². The number of halogens is 2. The maximum Gasteiger partial charge on any atom is 0.414 e. The molecule has 1 atom stereocenters. The molecule has 0 aliphatic carbocycles. The first-order chi connectivity index (χ1) is 12.9. The van der Waals surface area contributed by atoms with Crippen LogP contribution in [0, 0.1) is 11.6 Å². The van der Waals surface area contributed by atoms with Crippen LogP contribution in [0.15, 0.2) is 12.1 Å². The summed E-state index contributed by atoms with van der Waals surface area (Å²) < 4.78 is 39.2. The number of amides is 2. The van der Waals surface area contributed by atoms with Crippen LogP contribution in [0.4, 0.5) is 25.0 Å². The van der Waals surface area contributed by atoms with Crippen molar-refractivity contribution < 1.29 is 27.8 Å². The second kappa shape index (κ2) is 7.91. The number of carbonyl (C=O) groups is 2. The van der Waals surface area contributed by atoms with Gasteiger partial charge in [0.2, 0.25) is 5.91 Å². The number of rotatable bonds is 5. The highest BCUT2D eigenvalue weighted by atomic mass is 32.1. The van der Waals surface area contributed by atoms with E-state index in [2.05, 4.69) is 10.6 Å². The molecular formula is C16H18F2N4O4S. The lowest BCUT2D eigenvalue weighted by Gasteiger charge is -2.20. The molecule has 2 aliphatic heterocycles. The fraction of sp³-hybridized carbons (Fsp3) is 0.438. The molecule has 1 aromatic carbocycles. The van der Waals surface area contributed by atoms with E-state index in [1.807, 2.05) is 0 Å². The molecule has 0 aromatic heterocycles. The quantitative estimate of drug-likeness (QED) is 0.716. The van der Waals surface area contributed by atoms with E-state index < -0.39 is 23.8 Å². The first-order valence-corrected chi connectivity index (χ1v) is 8.69. The smallest absolute Gasteiger partial charge is 0.414 e. The van der Waals surface area contributed by atoms with Gasteiger partial charge in [-0.15, -0.1) is 0 Å². The van der Waals surface area contributed by atoms with Crippen molar-refractivity contribution in [3.05, 3.63) is 23.8 Å². The molecule has 2 saturated heterocycles. The van der Waals surface area contributed by atoms with Crippen molar-refractivity contribution in [2.75, 3.05) is 42.7 Å². The van der Waals surface area contributed by atoms with E-state index >= 15 is 0 Å². The van der Waals surface area contributed by atoms with Gasteiger partial charge in [-0.3, -0.25) is 9.69 Å². The van der Waals surface area contributed by atoms with Gasteiger partial charge in [0, 0.05) is 12.1 Å². The fourth-order valence-electron chi connectivity index (χ4n) is 2.85. The Bertz CT molecular complexity index is 756. The molecule has 2 heterocycles. The average molecular weight is 400 g/mol. The average Bonchev–Trinajstić information content (AvgIpc) is 3.18. The lowest BCUT2D eigenvalue weighted by Crippen LogP contribution is -2.34. The second-order valence-corrected chi connectivity index (χ2v) is 6.30. The molecule has 2 amide bonds. The zero-order valence-corrected chi connectivity index (χ0v) is 15.3. The van der Waals surface area contributed by atoms with E-state index in [1.165, 1.54) is 4.90 Å². The topological polar surface area (TPSA) is 83.1 Å². The zero-order chi connectivity index (χ0) is 19.6. The number of nitrogens with zero attached hydrogens (tertiary/aromatic N) is 2. The Morgan fingerprint density at radius 1 is 1.41 bits per heavy atom. The predicted octanol–water partition coefficient (Wildman–Crippen LogP) is 1.09. The van der Waals surface area contributed by atoms with Crippen molar-refractivity contribution in [2.24, 2.45) is 0 Å². The molecule has 8 nitrogen and oxygen atoms in total. The first kappa shape index (κ1) is 19.1. The summed E-state index contributed by atoms with van der Waals surface area (Å²) in [6, 6.07) is 2.09. The minimum Gasteiger partial charge on any atom is -0.471 e. The highest BCUT2D eigenvalue weighted by Gasteiger charge is 2.34. The summed E-state index contributed by atoms with van der Waals surface area (Å²) in [5, 5.41) is 5.46. The minimum atomic E-state index is -0.867. The summed E-state index contributed by atoms with van der Waals surface area (Å²) in [7, 11) is 0. The number of thiocarbonyl (C=S) groups is 1. The molecule has 0 saturated carbocycles. The molecule has 146 valence electrons. The summed E-state index contributed by atoms with van der Waals surface area (Å²) in [6.45, 7) is 2.39. The summed E-state index contributed by atoms with van der Waals surface area (Å²) in [5.41, 5.74) is -0.280. The van der Waals surface area contributed by atoms with Crippen LogP contribution in [0.1, 0.15) is 6.92 Å². The summed E-state index contributed by atoms with van der Waals surface area (Å²) in [4.78, 5) is 25.7. The van der Waals surface area contributed by atoms with Crippen LogP contribution in [0.25, 0.3) is 0 Å². The molecule has 11 heteroatoms. The van der Waals surface area contributed by atoms with E-state index in [0.29, 0.717) is 6.61 Å². The zero-order valence-electron chi connectivity index (χ0n) is 14.5. The molecule has 0 unspecified atom stereocenters. The van der Waals surface area contributed by atoms with Gasteiger partial charge in [0.1, 0.15) is 11.8 Å². The van der Waals surface area contributed by atoms with Gasteiger partial charge >= 0.3 is 6.09 Å². The summed E-state index contributed by atoms with van der Waals surface area (Å²) in [6.07, 6.45) is -1.27. The van der Waals surface area contributed by atoms with Crippen LogP contribution in [0.2, 0.25) is 0 Å². The second-order valence-electron chi connectivity index (χ2n) is 5.93. The Morgan fingerprint density at radius 3 is 2.70 bits per heavy atom. The van der Waals surface area contributed by atoms with Crippen molar-refractivity contribution >= 4 is 40.8 Å². The molecule has 2 aliphatic rings. The van der Waals surface area contributed by atoms with Gasteiger partial charge in [-0.1, -0.05) is 0 Å². The van der Waals surface area contributed by atoms with Gasteiger partial charge in [-0.05, 0) is 19.1 Å². The molecule has 27 heavy (non-hydrogen) atoms. The third-order valence-electron chi connectivity index (χ3n) is 4.05. The summed E-state index contributed by atoms with van der Waals surface area (Å²) in [5.74, 6) is -2.05. The van der Waals surface area contributed by atoms with Crippen LogP contribution in [-0.2, 0) is 14.3 Å². The number of anilines is 2. The van der Waals surface area contributed by atoms with Gasteiger partial charge in [0.25, 0.3) is 5.17 Å². The Hall–Kier alpha value is -2.69. The maximum atomic E-state index is 14.5. The number of carbonyl (C=O) groups excluding carboxylic acids is 2. The van der Waals surface area contributed by atoms with Crippen molar-refractivity contribution in [1.82, 2.24) is 10.6 Å². The number of hydrogen-bond acceptors (Lipinski definition) is 6. The molecule has 0 radical (unpaired) electrons. The van der Waals surface area contributed by atoms with Gasteiger partial charge in [0.15, 0.2) is 11.6 Å². The van der Waals surface area contributed by atoms with Gasteiger partial charge in [0.05, 0.1) is 38.6 Å². The van der Waals surface area contributed by atoms with Crippen molar-refractivity contribution in [3.63, 3.8) is 0 Å². The van der Waals surface area contributed by atoms with Gasteiger partial charge in [-0.25, -0.2) is 13.6 Å². The van der Waals surface area contributed by atoms with E-state index in [0.717, 1.165) is 17.0 Å². The van der Waals surface area contributed by atoms with E-state index in [1.54, 1.807) is 6.92 Å². The molecule has 1 aromatic rings. The normalized spacial score (nSPS) is 19.1. The summed E-state index contributed by atoms with van der Waals surface area (Å²) >= 11 is 4.93. The highest BCUT2D eigenvalue weighted by molar-refractivity contribution is 7.80. The molecule has 2 fully saturated rings. The maximum absolute atomic E-state index is 14.5. The largest absolute Gasteiger partial charge is 0.471 e. The molecule has 0 spiro atoms. The number of ether oxygens (including phenoxy) is 2. The molecular weight excluding hydrogens is 382 g/mol. The highest BCUT2D eigenvalue weighted by Crippen LogP contribution is 2.31. The Labute approximate surface area is 159 Å². The van der Waals surface area contributed by atoms with Crippen molar-refractivity contribution in [1.29, 1.82) is 0 Å². The number of hydrogen-bond donors (Lipinski definition) is 2. The van der Waals surface area contributed by atoms with Crippen LogP contribution in [-0.4, -0.2) is 56.2 Å². The van der Waals surface area contributed by atoms with E-state index in [9.17, 15) is 18.4 Å². The lowest BCUT2D eigenvalue weighted by atomic mass is 10.2. The van der Waals surface area contributed by atoms with Gasteiger partial charge < -0.3 is 25.0 Å². The van der Waals surface area contributed by atoms with Crippen molar-refractivity contribution in [3.8, 4) is 0 Å². The van der Waals surface area contributed by atoms with E-state index in [-0.39, 0.29) is 48.8 Å². The van der Waals surface area contributed by atoms with Crippen LogP contribution in [0.3, 0.4) is 0 Å². The van der Waals surface area contributed by atoms with Gasteiger partial charge in [-0.2, -0.15) is 0 Å². The minimum absolute atomic E-state index is 0.0191. The predicted molar refractivity (Wildman–Crippen MR) is 96.6 cm³/mol. The first-order valence-electron chi connectivity index (χ1n) is 8.28. The van der Waals surface area contributed by atoms with Crippen LogP contribution in [0.5, 0.6) is 0 Å². The Kier molecular flexibility index (Phi) is 5.59. The Morgan fingerprint density at radius 2 is 2.11 bits per heavy atom. The molecule has 0 bridgehead atoms. The van der Waals surface area contributed by atoms with Crippen molar-refractivity contribution in [2.45, 2.75) is 13.0 Å². The lowest BCUT2D eigenvalue weighted by molar-refractivity contribution is -0.118. The number of cyclic esters (lactones) is 1. The standard InChI is InChI=1S/C16H18F2N4O4S/c1-2-25-15(27)19-5-10-6-22(16(24)26-10)9-3-11(17)14(12(18)4-9)21-7-13(23)20-8-21/h3-4,10H,2,5-8H2,1H3,(H,19,27)(H,20,23)/t10-/m1/s1. The number of nitrogens with one attached hydrogen (secondary N) is 2. The van der Waals surface area contributed by atoms with E-state index in [4.69, 9.17) is 21.7 Å². The Balaban J connectivity index is 1.70. The SMILES string of the molecule is CCOC(=S)NC[C@@H]1CN(c2cc(F)c(N3CNC(=O)C3)c(F)c2)C(=O)O1. The third-order valence-corrected chi connectivity index (χ3v) is 4.32. The monoisotopic (exact) mass is 400 g/mol. The third kappa shape index (κ3) is 4.18. The molecule has 2 N–H and O–H groups in total. The number of benzene rings is 1. The fourth-order valence-corrected chi connectivity index (χ4v) is 3.06. The van der Waals surface area contributed by atoms with Crippen LogP contribution < -0.4 is 20.4 Å². The molecule has 3 rings (SSSR count).